The van der Waals surface area contributed by atoms with Crippen LogP contribution in [-0.2, 0) is 6.61 Å². The number of pyridine rings is 1. The van der Waals surface area contributed by atoms with Crippen LogP contribution in [0.2, 0.25) is 5.02 Å². The Labute approximate surface area is 151 Å². The van der Waals surface area contributed by atoms with Crippen molar-refractivity contribution in [2.45, 2.75) is 12.6 Å². The quantitative estimate of drug-likeness (QED) is 0.344. The summed E-state index contributed by atoms with van der Waals surface area (Å²) >= 11 is 11.6. The van der Waals surface area contributed by atoms with Crippen molar-refractivity contribution in [1.29, 1.82) is 0 Å². The summed E-state index contributed by atoms with van der Waals surface area (Å²) in [7, 11) is 0. The highest BCUT2D eigenvalue weighted by Crippen LogP contribution is 2.20. The highest BCUT2D eigenvalue weighted by Gasteiger charge is 2.34. The summed E-state index contributed by atoms with van der Waals surface area (Å²) in [6.07, 6.45) is 5.10. The first-order chi connectivity index (χ1) is 11.6. The predicted molar refractivity (Wildman–Crippen MR) is 98.2 cm³/mol. The maximum absolute atomic E-state index is 13.0. The molecule has 0 fully saturated rings. The van der Waals surface area contributed by atoms with Gasteiger partial charge in [0.15, 0.2) is 17.4 Å². The SMILES string of the molecule is C=CCNC(=S)C(C(=O)c1ccccc1Cl)[n+]1cccc(CO)c1. The minimum absolute atomic E-state index is 0.124. The standard InChI is InChI=1S/C18H17ClN2O2S/c1-2-9-20-18(24)16(21-10-5-6-13(11-21)12-22)17(23)14-7-3-4-8-15(14)19/h2-8,10-11,16,22H,1,9,12H2/p+1. The Kier molecular flexibility index (Phi) is 6.61. The number of nitrogens with zero attached hydrogens (tertiary/aromatic N) is 1. The maximum Gasteiger partial charge on any atom is 0.270 e. The van der Waals surface area contributed by atoms with Crippen LogP contribution >= 0.6 is 23.8 Å². The van der Waals surface area contributed by atoms with Gasteiger partial charge in [-0.2, -0.15) is 4.57 Å². The van der Waals surface area contributed by atoms with Gasteiger partial charge in [0.1, 0.15) is 0 Å². The van der Waals surface area contributed by atoms with Gasteiger partial charge in [-0.1, -0.05) is 42.0 Å². The van der Waals surface area contributed by atoms with E-state index in [4.69, 9.17) is 23.8 Å². The van der Waals surface area contributed by atoms with Crippen molar-refractivity contribution in [3.8, 4) is 0 Å². The molecule has 1 unspecified atom stereocenters. The monoisotopic (exact) mass is 361 g/mol. The molecule has 24 heavy (non-hydrogen) atoms. The molecule has 2 N–H and O–H groups in total. The molecule has 1 heterocycles. The van der Waals surface area contributed by atoms with Gasteiger partial charge in [0.2, 0.25) is 5.78 Å². The molecule has 124 valence electrons. The number of Topliss-reactive ketones (excluding diaryl/α,β-unsaturated/α-hetero) is 1. The molecule has 0 saturated carbocycles. The Morgan fingerprint density at radius 1 is 1.38 bits per heavy atom. The van der Waals surface area contributed by atoms with Crippen molar-refractivity contribution in [3.05, 3.63) is 77.6 Å². The molecule has 0 aliphatic heterocycles. The van der Waals surface area contributed by atoms with Crippen molar-refractivity contribution in [3.63, 3.8) is 0 Å². The number of hydrogen-bond donors (Lipinski definition) is 2. The fraction of sp³-hybridized carbons (Fsp3) is 0.167. The number of rotatable bonds is 7. The number of benzene rings is 1. The van der Waals surface area contributed by atoms with E-state index in [-0.39, 0.29) is 12.4 Å². The maximum atomic E-state index is 13.0. The molecule has 0 saturated heterocycles. The number of aliphatic hydroxyl groups is 1. The van der Waals surface area contributed by atoms with Crippen molar-refractivity contribution in [2.24, 2.45) is 0 Å². The van der Waals surface area contributed by atoms with Crippen molar-refractivity contribution >= 4 is 34.6 Å². The van der Waals surface area contributed by atoms with Gasteiger partial charge in [0.05, 0.1) is 11.6 Å². The molecule has 4 nitrogen and oxygen atoms in total. The lowest BCUT2D eigenvalue weighted by atomic mass is 10.0. The fourth-order valence-corrected chi connectivity index (χ4v) is 2.81. The molecule has 2 rings (SSSR count). The van der Waals surface area contributed by atoms with E-state index in [9.17, 15) is 9.90 Å². The number of aliphatic hydroxyl groups excluding tert-OH is 1. The van der Waals surface area contributed by atoms with Crippen LogP contribution in [0.1, 0.15) is 22.0 Å². The smallest absolute Gasteiger partial charge is 0.270 e. The van der Waals surface area contributed by atoms with Gasteiger partial charge in [-0.25, -0.2) is 0 Å². The summed E-state index contributed by atoms with van der Waals surface area (Å²) in [6.45, 7) is 3.97. The molecule has 0 bridgehead atoms. The Morgan fingerprint density at radius 2 is 2.12 bits per heavy atom. The van der Waals surface area contributed by atoms with Gasteiger partial charge in [-0.05, 0) is 18.2 Å². The lowest BCUT2D eigenvalue weighted by Crippen LogP contribution is -2.51. The molecule has 2 aromatic rings. The first kappa shape index (κ1) is 18.3. The van der Waals surface area contributed by atoms with E-state index in [1.807, 2.05) is 0 Å². The zero-order valence-corrected chi connectivity index (χ0v) is 14.6. The number of aromatic nitrogens is 1. The second-order valence-electron chi connectivity index (χ2n) is 5.10. The summed E-state index contributed by atoms with van der Waals surface area (Å²) in [5.74, 6) is -0.220. The van der Waals surface area contributed by atoms with Crippen LogP contribution < -0.4 is 9.88 Å². The first-order valence-corrected chi connectivity index (χ1v) is 8.15. The van der Waals surface area contributed by atoms with Gasteiger partial charge < -0.3 is 10.4 Å². The minimum Gasteiger partial charge on any atom is -0.391 e. The highest BCUT2D eigenvalue weighted by atomic mass is 35.5. The van der Waals surface area contributed by atoms with Gasteiger partial charge in [-0.3, -0.25) is 4.79 Å². The second kappa shape index (κ2) is 8.68. The largest absolute Gasteiger partial charge is 0.391 e. The predicted octanol–water partition coefficient (Wildman–Crippen LogP) is 2.65. The molecule has 6 heteroatoms. The number of ketones is 1. The third-order valence-electron chi connectivity index (χ3n) is 3.42. The average Bonchev–Trinajstić information content (AvgIpc) is 2.60. The van der Waals surface area contributed by atoms with E-state index in [2.05, 4.69) is 11.9 Å². The van der Waals surface area contributed by atoms with Crippen LogP contribution in [0.15, 0.2) is 61.4 Å². The Balaban J connectivity index is 2.46. The average molecular weight is 362 g/mol. The highest BCUT2D eigenvalue weighted by molar-refractivity contribution is 7.80. The molecule has 0 amide bonds. The Hall–Kier alpha value is -2.08. The second-order valence-corrected chi connectivity index (χ2v) is 5.95. The summed E-state index contributed by atoms with van der Waals surface area (Å²) in [5.41, 5.74) is 1.08. The van der Waals surface area contributed by atoms with Gasteiger partial charge >= 0.3 is 0 Å². The third kappa shape index (κ3) is 4.26. The summed E-state index contributed by atoms with van der Waals surface area (Å²) < 4.78 is 1.68. The number of halogens is 1. The number of carbonyl (C=O) groups is 1. The van der Waals surface area contributed by atoms with Crippen LogP contribution in [0.4, 0.5) is 0 Å². The molecule has 0 aliphatic carbocycles. The number of carbonyl (C=O) groups excluding carboxylic acids is 1. The van der Waals surface area contributed by atoms with E-state index < -0.39 is 6.04 Å². The van der Waals surface area contributed by atoms with Crippen molar-refractivity contribution < 1.29 is 14.5 Å². The molecule has 0 radical (unpaired) electrons. The van der Waals surface area contributed by atoms with E-state index in [0.29, 0.717) is 27.7 Å². The minimum atomic E-state index is -0.758. The van der Waals surface area contributed by atoms with E-state index in [1.54, 1.807) is 59.4 Å². The summed E-state index contributed by atoms with van der Waals surface area (Å²) in [4.78, 5) is 13.4. The normalized spacial score (nSPS) is 11.6. The summed E-state index contributed by atoms with van der Waals surface area (Å²) in [6, 6.07) is 9.63. The molecule has 0 aliphatic rings. The molecule has 0 spiro atoms. The number of nitrogens with one attached hydrogen (secondary N) is 1. The lowest BCUT2D eigenvalue weighted by Gasteiger charge is -2.15. The lowest BCUT2D eigenvalue weighted by molar-refractivity contribution is -0.692. The van der Waals surface area contributed by atoms with Crippen LogP contribution in [0.3, 0.4) is 0 Å². The van der Waals surface area contributed by atoms with Crippen molar-refractivity contribution in [2.75, 3.05) is 6.54 Å². The summed E-state index contributed by atoms with van der Waals surface area (Å²) in [5, 5.41) is 12.7. The third-order valence-corrected chi connectivity index (χ3v) is 4.12. The topological polar surface area (TPSA) is 53.2 Å². The van der Waals surface area contributed by atoms with Crippen molar-refractivity contribution in [1.82, 2.24) is 5.32 Å². The van der Waals surface area contributed by atoms with E-state index in [0.717, 1.165) is 0 Å². The zero-order chi connectivity index (χ0) is 17.5. The Morgan fingerprint density at radius 3 is 2.79 bits per heavy atom. The molecule has 1 aromatic carbocycles. The Bertz CT molecular complexity index is 764. The fourth-order valence-electron chi connectivity index (χ4n) is 2.27. The molecular formula is C18H18ClN2O2S+. The van der Waals surface area contributed by atoms with Crippen LogP contribution in [0.25, 0.3) is 0 Å². The van der Waals surface area contributed by atoms with Crippen LogP contribution in [0.5, 0.6) is 0 Å². The van der Waals surface area contributed by atoms with Crippen LogP contribution in [0, 0.1) is 0 Å². The molecule has 1 aromatic heterocycles. The van der Waals surface area contributed by atoms with Gasteiger partial charge in [-0.15, -0.1) is 6.58 Å². The van der Waals surface area contributed by atoms with E-state index in [1.165, 1.54) is 0 Å². The number of thiocarbonyl (C=S) groups is 1. The van der Waals surface area contributed by atoms with E-state index >= 15 is 0 Å². The van der Waals surface area contributed by atoms with Crippen LogP contribution in [-0.4, -0.2) is 22.4 Å². The molecular weight excluding hydrogens is 344 g/mol. The first-order valence-electron chi connectivity index (χ1n) is 7.36. The van der Waals surface area contributed by atoms with Gasteiger partial charge in [0, 0.05) is 23.7 Å². The zero-order valence-electron chi connectivity index (χ0n) is 13.0. The molecule has 1 atom stereocenters. The van der Waals surface area contributed by atoms with Gasteiger partial charge in [0.25, 0.3) is 6.04 Å². The number of hydrogen-bond acceptors (Lipinski definition) is 3.